The first-order valence-corrected chi connectivity index (χ1v) is 3.96. The summed E-state index contributed by atoms with van der Waals surface area (Å²) in [6.45, 7) is 0.818. The Hall–Kier alpha value is 0.180. The van der Waals surface area contributed by atoms with Crippen molar-refractivity contribution in [2.75, 3.05) is 12.8 Å². The molecule has 1 atom stereocenters. The van der Waals surface area contributed by atoms with Crippen molar-refractivity contribution in [1.29, 1.82) is 0 Å². The van der Waals surface area contributed by atoms with Crippen molar-refractivity contribution in [1.82, 2.24) is 0 Å². The predicted molar refractivity (Wildman–Crippen MR) is 34.5 cm³/mol. The van der Waals surface area contributed by atoms with Crippen LogP contribution in [0.3, 0.4) is 0 Å². The summed E-state index contributed by atoms with van der Waals surface area (Å²) in [5.74, 6) is 0. The zero-order valence-electron chi connectivity index (χ0n) is 4.02. The summed E-state index contributed by atoms with van der Waals surface area (Å²) >= 11 is 5.64. The van der Waals surface area contributed by atoms with E-state index in [0.29, 0.717) is 0 Å². The van der Waals surface area contributed by atoms with Gasteiger partial charge in [-0.2, -0.15) is 0 Å². The smallest absolute Gasteiger partial charge is 0.0818 e. The monoisotopic (exact) mass is 135 g/mol. The van der Waals surface area contributed by atoms with Crippen LogP contribution in [0.15, 0.2) is 14.8 Å². The highest BCUT2D eigenvalue weighted by Crippen LogP contribution is 2.12. The fraction of sp³-hybridized carbons (Fsp3) is 0.500. The van der Waals surface area contributed by atoms with Crippen molar-refractivity contribution in [2.45, 2.75) is 0 Å². The predicted octanol–water partition coefficient (Wildman–Crippen LogP) is 1.51. The van der Waals surface area contributed by atoms with Crippen molar-refractivity contribution in [3.63, 3.8) is 0 Å². The second kappa shape index (κ2) is 1.97. The lowest BCUT2D eigenvalue weighted by Crippen LogP contribution is -1.74. The molecule has 0 fully saturated rings. The Balaban J connectivity index is 2.78. The molecule has 0 aromatic heterocycles. The lowest BCUT2D eigenvalue weighted by atomic mass is 10.7. The fourth-order valence-corrected chi connectivity index (χ4v) is 1.36. The van der Waals surface area contributed by atoms with Gasteiger partial charge in [-0.25, -0.2) is 0 Å². The summed E-state index contributed by atoms with van der Waals surface area (Å²) in [6.07, 6.45) is 3.97. The Morgan fingerprint density at radius 1 is 2.00 bits per heavy atom. The van der Waals surface area contributed by atoms with Crippen LogP contribution in [0.25, 0.3) is 0 Å². The van der Waals surface area contributed by atoms with E-state index in [-0.39, 0.29) is 10.7 Å². The number of hydrogen-bond donors (Lipinski definition) is 0. The van der Waals surface area contributed by atoms with Crippen molar-refractivity contribution < 1.29 is 0 Å². The van der Waals surface area contributed by atoms with Crippen molar-refractivity contribution in [2.24, 2.45) is 4.36 Å². The third kappa shape index (κ3) is 1.04. The molecule has 0 N–H and O–H groups in total. The molecular formula is C4H6ClNS. The van der Waals surface area contributed by atoms with Crippen LogP contribution in [-0.2, 0) is 10.7 Å². The molecule has 1 aliphatic heterocycles. The second-order valence-corrected chi connectivity index (χ2v) is 3.58. The maximum atomic E-state index is 5.64. The number of nitrogens with zero attached hydrogens (tertiary/aromatic N) is 1. The quantitative estimate of drug-likeness (QED) is 0.478. The Kier molecular flexibility index (Phi) is 1.50. The zero-order valence-corrected chi connectivity index (χ0v) is 5.59. The van der Waals surface area contributed by atoms with Gasteiger partial charge in [-0.1, -0.05) is 22.3 Å². The van der Waals surface area contributed by atoms with E-state index < -0.39 is 0 Å². The molecule has 0 aromatic rings. The van der Waals surface area contributed by atoms with E-state index in [2.05, 4.69) is 4.36 Å². The Labute approximate surface area is 50.5 Å². The Bertz CT molecular complexity index is 123. The van der Waals surface area contributed by atoms with Gasteiger partial charge < -0.3 is 0 Å². The Morgan fingerprint density at radius 3 is 2.86 bits per heavy atom. The van der Waals surface area contributed by atoms with E-state index in [9.17, 15) is 0 Å². The first-order valence-electron chi connectivity index (χ1n) is 2.00. The van der Waals surface area contributed by atoms with Crippen LogP contribution in [-0.4, -0.2) is 12.8 Å². The maximum absolute atomic E-state index is 5.64. The topological polar surface area (TPSA) is 12.4 Å². The molecule has 7 heavy (non-hydrogen) atoms. The van der Waals surface area contributed by atoms with Crippen LogP contribution < -0.4 is 0 Å². The van der Waals surface area contributed by atoms with Crippen LogP contribution in [0.4, 0.5) is 0 Å². The Morgan fingerprint density at radius 2 is 2.71 bits per heavy atom. The van der Waals surface area contributed by atoms with Crippen LogP contribution in [0.1, 0.15) is 0 Å². The highest BCUT2D eigenvalue weighted by molar-refractivity contribution is 7.92. The SMILES string of the molecule is CS1=NCC=C1Cl. The lowest BCUT2D eigenvalue weighted by molar-refractivity contribution is 1.31. The average molecular weight is 136 g/mol. The van der Waals surface area contributed by atoms with Gasteiger partial charge in [-0.3, -0.25) is 4.36 Å². The van der Waals surface area contributed by atoms with Crippen molar-refractivity contribution in [3.05, 3.63) is 10.4 Å². The molecule has 1 heterocycles. The van der Waals surface area contributed by atoms with E-state index in [1.54, 1.807) is 0 Å². The summed E-state index contributed by atoms with van der Waals surface area (Å²) in [7, 11) is 0.0340. The van der Waals surface area contributed by atoms with E-state index in [4.69, 9.17) is 11.6 Å². The van der Waals surface area contributed by atoms with Gasteiger partial charge in [0.15, 0.2) is 0 Å². The summed E-state index contributed by atoms with van der Waals surface area (Å²) in [5, 5.41) is 0. The van der Waals surface area contributed by atoms with E-state index in [0.717, 1.165) is 10.9 Å². The summed E-state index contributed by atoms with van der Waals surface area (Å²) in [4.78, 5) is 0. The van der Waals surface area contributed by atoms with Crippen molar-refractivity contribution in [3.8, 4) is 0 Å². The molecule has 0 saturated heterocycles. The summed E-state index contributed by atoms with van der Waals surface area (Å²) in [6, 6.07) is 0. The van der Waals surface area contributed by atoms with Gasteiger partial charge in [-0.05, 0) is 12.3 Å². The molecule has 0 spiro atoms. The molecule has 0 aromatic carbocycles. The fourth-order valence-electron chi connectivity index (χ4n) is 0.403. The molecule has 1 nitrogen and oxygen atoms in total. The molecule has 40 valence electrons. The number of halogens is 1. The molecule has 3 heteroatoms. The molecule has 0 amide bonds. The molecule has 0 bridgehead atoms. The minimum absolute atomic E-state index is 0.0340. The van der Waals surface area contributed by atoms with Crippen LogP contribution >= 0.6 is 11.6 Å². The first-order chi connectivity index (χ1) is 3.30. The van der Waals surface area contributed by atoms with Crippen LogP contribution in [0, 0.1) is 0 Å². The van der Waals surface area contributed by atoms with E-state index in [1.807, 2.05) is 12.3 Å². The number of hydrogen-bond acceptors (Lipinski definition) is 1. The molecule has 0 aliphatic carbocycles. The molecule has 0 saturated carbocycles. The lowest BCUT2D eigenvalue weighted by Gasteiger charge is -1.85. The zero-order chi connectivity index (χ0) is 5.28. The van der Waals surface area contributed by atoms with E-state index >= 15 is 0 Å². The van der Waals surface area contributed by atoms with Crippen molar-refractivity contribution >= 4 is 22.3 Å². The minimum atomic E-state index is 0.0340. The first kappa shape index (κ1) is 5.32. The molecule has 1 aliphatic rings. The van der Waals surface area contributed by atoms with Gasteiger partial charge in [0.05, 0.1) is 10.9 Å². The third-order valence-electron chi connectivity index (χ3n) is 0.802. The number of rotatable bonds is 0. The van der Waals surface area contributed by atoms with E-state index in [1.165, 1.54) is 0 Å². The minimum Gasteiger partial charge on any atom is -0.255 e. The highest BCUT2D eigenvalue weighted by Gasteiger charge is 1.98. The maximum Gasteiger partial charge on any atom is 0.0818 e. The standard InChI is InChI=1S/C4H6ClNS/c1-7-4(5)2-3-6-7/h2H,3H2,1H3. The molecule has 0 radical (unpaired) electrons. The summed E-state index contributed by atoms with van der Waals surface area (Å²) in [5.41, 5.74) is 0. The largest absolute Gasteiger partial charge is 0.255 e. The average Bonchev–Trinajstić information content (AvgIpc) is 1.91. The van der Waals surface area contributed by atoms with Gasteiger partial charge >= 0.3 is 0 Å². The van der Waals surface area contributed by atoms with Gasteiger partial charge in [-0.15, -0.1) is 0 Å². The van der Waals surface area contributed by atoms with Gasteiger partial charge in [0.25, 0.3) is 0 Å². The molecular weight excluding hydrogens is 130 g/mol. The van der Waals surface area contributed by atoms with Gasteiger partial charge in [0.1, 0.15) is 0 Å². The normalized spacial score (nSPS) is 29.4. The second-order valence-electron chi connectivity index (χ2n) is 1.30. The van der Waals surface area contributed by atoms with Gasteiger partial charge in [0.2, 0.25) is 0 Å². The van der Waals surface area contributed by atoms with Crippen LogP contribution in [0.5, 0.6) is 0 Å². The third-order valence-corrected chi connectivity index (χ3v) is 2.89. The summed E-state index contributed by atoms with van der Waals surface area (Å²) < 4.78 is 5.04. The molecule has 1 unspecified atom stereocenters. The molecule has 1 rings (SSSR count). The highest BCUT2D eigenvalue weighted by atomic mass is 35.5. The van der Waals surface area contributed by atoms with Gasteiger partial charge in [0, 0.05) is 0 Å². The van der Waals surface area contributed by atoms with Crippen LogP contribution in [0.2, 0.25) is 0 Å².